The first kappa shape index (κ1) is 12.2. The van der Waals surface area contributed by atoms with Crippen LogP contribution in [0.5, 0.6) is 0 Å². The summed E-state index contributed by atoms with van der Waals surface area (Å²) < 4.78 is 16.5. The van der Waals surface area contributed by atoms with Crippen molar-refractivity contribution in [1.82, 2.24) is 0 Å². The van der Waals surface area contributed by atoms with E-state index in [1.165, 1.54) is 44.1 Å². The number of rotatable bonds is 5. The lowest BCUT2D eigenvalue weighted by molar-refractivity contribution is 0.230. The van der Waals surface area contributed by atoms with Gasteiger partial charge in [-0.3, -0.25) is 4.21 Å². The highest BCUT2D eigenvalue weighted by molar-refractivity contribution is 7.86. The molecule has 2 aliphatic rings. The molecule has 0 bridgehead atoms. The zero-order valence-corrected chi connectivity index (χ0v) is 10.8. The molecule has 1 saturated carbocycles. The van der Waals surface area contributed by atoms with E-state index in [-0.39, 0.29) is 0 Å². The molecule has 16 heavy (non-hydrogen) atoms. The average molecular weight is 242 g/mol. The van der Waals surface area contributed by atoms with Crippen LogP contribution >= 0.6 is 0 Å². The highest BCUT2D eigenvalue weighted by Crippen LogP contribution is 2.23. The highest BCUT2D eigenvalue weighted by atomic mass is 32.2. The second-order valence-electron chi connectivity index (χ2n) is 4.99. The van der Waals surface area contributed by atoms with Crippen molar-refractivity contribution in [3.63, 3.8) is 0 Å². The maximum atomic E-state index is 10.9. The molecule has 3 heteroatoms. The lowest BCUT2D eigenvalue weighted by Gasteiger charge is -2.24. The fraction of sp³-hybridized carbons (Fsp3) is 0.846. The molecule has 0 radical (unpaired) electrons. The molecule has 1 saturated heterocycles. The predicted molar refractivity (Wildman–Crippen MR) is 67.7 cm³/mol. The van der Waals surface area contributed by atoms with Gasteiger partial charge in [0.05, 0.1) is 12.9 Å². The van der Waals surface area contributed by atoms with Crippen LogP contribution in [0.25, 0.3) is 0 Å². The zero-order valence-electron chi connectivity index (χ0n) is 9.95. The summed E-state index contributed by atoms with van der Waals surface area (Å²) in [4.78, 5) is 0. The Morgan fingerprint density at radius 3 is 2.69 bits per heavy atom. The quantitative estimate of drug-likeness (QED) is 0.547. The van der Waals surface area contributed by atoms with Gasteiger partial charge in [-0.05, 0) is 50.0 Å². The number of allylic oxidation sites excluding steroid dienone is 1. The summed E-state index contributed by atoms with van der Waals surface area (Å²) in [7, 11) is -0.486. The van der Waals surface area contributed by atoms with Gasteiger partial charge in [0.15, 0.2) is 0 Å². The average Bonchev–Trinajstić information content (AvgIpc) is 2.27. The summed E-state index contributed by atoms with van der Waals surface area (Å²) in [6, 6.07) is 0. The molecular weight excluding hydrogens is 220 g/mol. The Bertz CT molecular complexity index is 257. The van der Waals surface area contributed by atoms with Crippen LogP contribution in [-0.4, -0.2) is 22.3 Å². The first-order valence-electron chi connectivity index (χ1n) is 6.49. The monoisotopic (exact) mass is 242 g/mol. The summed E-state index contributed by atoms with van der Waals surface area (Å²) >= 11 is 0. The van der Waals surface area contributed by atoms with Crippen molar-refractivity contribution in [2.75, 3.05) is 18.1 Å². The molecule has 2 fully saturated rings. The number of ether oxygens (including phenoxy) is 1. The normalized spacial score (nSPS) is 29.6. The van der Waals surface area contributed by atoms with Crippen molar-refractivity contribution in [1.29, 1.82) is 0 Å². The molecule has 1 heterocycles. The minimum absolute atomic E-state index is 0.486. The number of hydrogen-bond donors (Lipinski definition) is 0. The van der Waals surface area contributed by atoms with E-state index in [2.05, 4.69) is 0 Å². The molecule has 0 aromatic rings. The van der Waals surface area contributed by atoms with Gasteiger partial charge in [0.2, 0.25) is 0 Å². The van der Waals surface area contributed by atoms with Crippen LogP contribution in [-0.2, 0) is 15.5 Å². The summed E-state index contributed by atoms with van der Waals surface area (Å²) in [6.45, 7) is 0.840. The Labute approximate surface area is 101 Å². The second-order valence-corrected chi connectivity index (χ2v) is 6.54. The summed E-state index contributed by atoms with van der Waals surface area (Å²) in [5, 5.41) is 0. The van der Waals surface area contributed by atoms with E-state index < -0.39 is 10.8 Å². The summed E-state index contributed by atoms with van der Waals surface area (Å²) in [5.74, 6) is 2.58. The predicted octanol–water partition coefficient (Wildman–Crippen LogP) is 3.01. The van der Waals surface area contributed by atoms with E-state index in [0.717, 1.165) is 24.5 Å². The van der Waals surface area contributed by atoms with Crippen LogP contribution in [0, 0.1) is 5.92 Å². The van der Waals surface area contributed by atoms with Gasteiger partial charge >= 0.3 is 0 Å². The maximum Gasteiger partial charge on any atom is 0.0873 e. The molecule has 1 aliphatic heterocycles. The lowest BCUT2D eigenvalue weighted by atomic mass is 9.96. The van der Waals surface area contributed by atoms with Crippen molar-refractivity contribution < 1.29 is 8.95 Å². The smallest absolute Gasteiger partial charge is 0.0873 e. The van der Waals surface area contributed by atoms with Crippen LogP contribution < -0.4 is 0 Å². The first-order chi connectivity index (χ1) is 7.84. The van der Waals surface area contributed by atoms with Crippen molar-refractivity contribution in [2.45, 2.75) is 44.9 Å². The maximum absolute atomic E-state index is 10.9. The topological polar surface area (TPSA) is 26.3 Å². The van der Waals surface area contributed by atoms with Crippen LogP contribution in [0.4, 0.5) is 0 Å². The molecule has 0 spiro atoms. The SMILES string of the molecule is O=S1CC(CCCOC=C2CCCCC2)C1. The molecule has 0 unspecified atom stereocenters. The van der Waals surface area contributed by atoms with E-state index in [0.29, 0.717) is 5.92 Å². The second kappa shape index (κ2) is 6.43. The minimum Gasteiger partial charge on any atom is -0.501 e. The third kappa shape index (κ3) is 3.93. The Hall–Kier alpha value is -0.310. The van der Waals surface area contributed by atoms with Crippen LogP contribution in [0.15, 0.2) is 11.8 Å². The Morgan fingerprint density at radius 1 is 1.25 bits per heavy atom. The van der Waals surface area contributed by atoms with Crippen LogP contribution in [0.3, 0.4) is 0 Å². The van der Waals surface area contributed by atoms with Crippen molar-refractivity contribution in [3.05, 3.63) is 11.8 Å². The van der Waals surface area contributed by atoms with Gasteiger partial charge in [-0.25, -0.2) is 0 Å². The van der Waals surface area contributed by atoms with Gasteiger partial charge in [0, 0.05) is 22.3 Å². The van der Waals surface area contributed by atoms with Crippen LogP contribution in [0.2, 0.25) is 0 Å². The van der Waals surface area contributed by atoms with Gasteiger partial charge in [0.25, 0.3) is 0 Å². The van der Waals surface area contributed by atoms with E-state index in [1.807, 2.05) is 6.26 Å². The zero-order chi connectivity index (χ0) is 11.2. The van der Waals surface area contributed by atoms with Crippen molar-refractivity contribution in [3.8, 4) is 0 Å². The molecule has 0 aromatic heterocycles. The Morgan fingerprint density at radius 2 is 2.00 bits per heavy atom. The Balaban J connectivity index is 1.49. The van der Waals surface area contributed by atoms with E-state index in [1.54, 1.807) is 0 Å². The molecule has 2 nitrogen and oxygen atoms in total. The first-order valence-corrected chi connectivity index (χ1v) is 7.98. The molecule has 0 aromatic carbocycles. The molecule has 0 atom stereocenters. The van der Waals surface area contributed by atoms with Crippen LogP contribution in [0.1, 0.15) is 44.9 Å². The van der Waals surface area contributed by atoms with Gasteiger partial charge in [-0.15, -0.1) is 0 Å². The van der Waals surface area contributed by atoms with E-state index in [9.17, 15) is 4.21 Å². The fourth-order valence-electron chi connectivity index (χ4n) is 2.40. The third-order valence-corrected chi connectivity index (χ3v) is 5.15. The Kier molecular flexibility index (Phi) is 4.89. The van der Waals surface area contributed by atoms with Gasteiger partial charge in [0.1, 0.15) is 0 Å². The lowest BCUT2D eigenvalue weighted by Crippen LogP contribution is -2.30. The van der Waals surface area contributed by atoms with E-state index >= 15 is 0 Å². The summed E-state index contributed by atoms with van der Waals surface area (Å²) in [6.07, 6.45) is 10.8. The van der Waals surface area contributed by atoms with Gasteiger partial charge in [-0.1, -0.05) is 6.42 Å². The fourth-order valence-corrected chi connectivity index (χ4v) is 3.69. The molecule has 2 rings (SSSR count). The highest BCUT2D eigenvalue weighted by Gasteiger charge is 2.24. The standard InChI is InChI=1S/C13H22O2S/c14-16-10-13(11-16)7-4-8-15-9-12-5-2-1-3-6-12/h9,13H,1-8,10-11H2. The minimum atomic E-state index is -0.486. The molecular formula is C13H22O2S. The van der Waals surface area contributed by atoms with Gasteiger partial charge in [-0.2, -0.15) is 0 Å². The van der Waals surface area contributed by atoms with Crippen molar-refractivity contribution >= 4 is 10.8 Å². The molecule has 92 valence electrons. The third-order valence-electron chi connectivity index (χ3n) is 3.46. The molecule has 1 aliphatic carbocycles. The van der Waals surface area contributed by atoms with Crippen molar-refractivity contribution in [2.24, 2.45) is 5.92 Å². The molecule has 0 N–H and O–H groups in total. The summed E-state index contributed by atoms with van der Waals surface area (Å²) in [5.41, 5.74) is 1.50. The largest absolute Gasteiger partial charge is 0.501 e. The van der Waals surface area contributed by atoms with E-state index in [4.69, 9.17) is 4.74 Å². The number of hydrogen-bond acceptors (Lipinski definition) is 2. The van der Waals surface area contributed by atoms with Gasteiger partial charge < -0.3 is 4.74 Å². The molecule has 0 amide bonds.